The fourth-order valence-corrected chi connectivity index (χ4v) is 3.26. The minimum absolute atomic E-state index is 0.751. The molecule has 0 saturated carbocycles. The van der Waals surface area contributed by atoms with Gasteiger partial charge in [0.15, 0.2) is 5.60 Å². The van der Waals surface area contributed by atoms with Crippen LogP contribution in [-0.2, 0) is 21.1 Å². The molecule has 0 saturated heterocycles. The molecule has 3 nitrogen and oxygen atoms in total. The third-order valence-electron chi connectivity index (χ3n) is 3.73. The Balaban J connectivity index is 2.32. The maximum atomic E-state index is 11.5. The van der Waals surface area contributed by atoms with Crippen LogP contribution in [0.3, 0.4) is 0 Å². The maximum Gasteiger partial charge on any atom is 0.159 e. The van der Waals surface area contributed by atoms with E-state index in [0.717, 1.165) is 16.7 Å². The van der Waals surface area contributed by atoms with Crippen molar-refractivity contribution in [1.29, 1.82) is 0 Å². The van der Waals surface area contributed by atoms with E-state index in [1.54, 1.807) is 0 Å². The van der Waals surface area contributed by atoms with Gasteiger partial charge in [0.05, 0.1) is 11.4 Å². The zero-order valence-corrected chi connectivity index (χ0v) is 13.1. The normalized spacial score (nSPS) is 12.7. The fourth-order valence-electron chi connectivity index (χ4n) is 2.76. The molecule has 0 spiro atoms. The topological polar surface area (TPSA) is 49.4 Å². The molecular weight excluding hydrogens is 308 g/mol. The van der Waals surface area contributed by atoms with E-state index in [2.05, 4.69) is 0 Å². The van der Waals surface area contributed by atoms with E-state index in [1.165, 1.54) is 0 Å². The highest BCUT2D eigenvalue weighted by atomic mass is 32.2. The molecule has 0 aliphatic carbocycles. The van der Waals surface area contributed by atoms with E-state index >= 15 is 0 Å². The van der Waals surface area contributed by atoms with Gasteiger partial charge in [0.25, 0.3) is 0 Å². The number of benzene rings is 3. The maximum absolute atomic E-state index is 11.5. The van der Waals surface area contributed by atoms with Gasteiger partial charge in [-0.2, -0.15) is 0 Å². The van der Waals surface area contributed by atoms with Crippen molar-refractivity contribution in [3.63, 3.8) is 0 Å². The molecule has 1 atom stereocenters. The molecule has 3 rings (SSSR count). The molecule has 1 unspecified atom stereocenters. The van der Waals surface area contributed by atoms with Gasteiger partial charge in [-0.15, -0.1) is 0 Å². The van der Waals surface area contributed by atoms with Crippen molar-refractivity contribution in [2.75, 3.05) is 0 Å². The standard InChI is InChI=1S/C19H16O3S/c20-23(21)22-19(16-10-4-1-5-11-16,17-12-6-2-7-13-17)18-14-8-3-9-15-18/h1-15H,(H,20,21)/p-1. The third-order valence-corrected chi connectivity index (χ3v) is 4.12. The van der Waals surface area contributed by atoms with Gasteiger partial charge in [-0.25, -0.2) is 4.21 Å². The average molecular weight is 323 g/mol. The largest absolute Gasteiger partial charge is 0.750 e. The highest BCUT2D eigenvalue weighted by molar-refractivity contribution is 7.74. The number of rotatable bonds is 5. The second-order valence-electron chi connectivity index (χ2n) is 5.07. The van der Waals surface area contributed by atoms with Crippen LogP contribution in [0.5, 0.6) is 0 Å². The smallest absolute Gasteiger partial charge is 0.159 e. The predicted octanol–water partition coefficient (Wildman–Crippen LogP) is 3.79. The average Bonchev–Trinajstić information content (AvgIpc) is 2.62. The summed E-state index contributed by atoms with van der Waals surface area (Å²) in [6.45, 7) is 0. The van der Waals surface area contributed by atoms with Crippen molar-refractivity contribution in [1.82, 2.24) is 0 Å². The van der Waals surface area contributed by atoms with E-state index < -0.39 is 17.0 Å². The van der Waals surface area contributed by atoms with Gasteiger partial charge in [0, 0.05) is 0 Å². The predicted molar refractivity (Wildman–Crippen MR) is 89.2 cm³/mol. The van der Waals surface area contributed by atoms with Gasteiger partial charge < -0.3 is 4.55 Å². The first-order chi connectivity index (χ1) is 11.2. The zero-order chi connectivity index (χ0) is 16.1. The van der Waals surface area contributed by atoms with Crippen molar-refractivity contribution < 1.29 is 12.9 Å². The first-order valence-electron chi connectivity index (χ1n) is 7.19. The Morgan fingerprint density at radius 1 is 0.652 bits per heavy atom. The highest BCUT2D eigenvalue weighted by Crippen LogP contribution is 2.40. The highest BCUT2D eigenvalue weighted by Gasteiger charge is 2.38. The third kappa shape index (κ3) is 3.10. The summed E-state index contributed by atoms with van der Waals surface area (Å²) in [4.78, 5) is 0. The van der Waals surface area contributed by atoms with Gasteiger partial charge in [-0.1, -0.05) is 91.0 Å². The zero-order valence-electron chi connectivity index (χ0n) is 12.3. The quantitative estimate of drug-likeness (QED) is 0.530. The number of hydrogen-bond acceptors (Lipinski definition) is 3. The van der Waals surface area contributed by atoms with E-state index in [9.17, 15) is 8.76 Å². The molecule has 0 amide bonds. The molecule has 0 heterocycles. The lowest BCUT2D eigenvalue weighted by Gasteiger charge is -2.35. The Hall–Kier alpha value is -2.27. The van der Waals surface area contributed by atoms with Crippen molar-refractivity contribution >= 4 is 11.4 Å². The first kappa shape index (κ1) is 15.6. The van der Waals surface area contributed by atoms with Gasteiger partial charge in [-0.3, -0.25) is 4.18 Å². The van der Waals surface area contributed by atoms with Gasteiger partial charge in [0.1, 0.15) is 0 Å². The molecular formula is C19H15O3S-. The van der Waals surface area contributed by atoms with Crippen molar-refractivity contribution in [3.8, 4) is 0 Å². The summed E-state index contributed by atoms with van der Waals surface area (Å²) in [6, 6.07) is 28.1. The van der Waals surface area contributed by atoms with Crippen LogP contribution < -0.4 is 0 Å². The minimum atomic E-state index is -2.69. The van der Waals surface area contributed by atoms with Crippen LogP contribution in [0.1, 0.15) is 16.7 Å². The van der Waals surface area contributed by atoms with Crippen LogP contribution in [0.15, 0.2) is 91.0 Å². The van der Waals surface area contributed by atoms with E-state index in [-0.39, 0.29) is 0 Å². The van der Waals surface area contributed by atoms with Gasteiger partial charge in [-0.05, 0) is 16.7 Å². The molecule has 116 valence electrons. The Morgan fingerprint density at radius 3 is 1.22 bits per heavy atom. The second kappa shape index (κ2) is 6.87. The summed E-state index contributed by atoms with van der Waals surface area (Å²) >= 11 is -2.69. The van der Waals surface area contributed by atoms with E-state index in [1.807, 2.05) is 91.0 Å². The minimum Gasteiger partial charge on any atom is -0.750 e. The Morgan fingerprint density at radius 2 is 0.957 bits per heavy atom. The fraction of sp³-hybridized carbons (Fsp3) is 0.0526. The van der Waals surface area contributed by atoms with Gasteiger partial charge in [0.2, 0.25) is 0 Å². The van der Waals surface area contributed by atoms with Crippen LogP contribution in [0.2, 0.25) is 0 Å². The summed E-state index contributed by atoms with van der Waals surface area (Å²) < 4.78 is 28.5. The summed E-state index contributed by atoms with van der Waals surface area (Å²) in [7, 11) is 0. The molecule has 0 aliphatic rings. The van der Waals surface area contributed by atoms with E-state index in [0.29, 0.717) is 0 Å². The van der Waals surface area contributed by atoms with Crippen molar-refractivity contribution in [2.24, 2.45) is 0 Å². The van der Waals surface area contributed by atoms with Crippen LogP contribution in [0.4, 0.5) is 0 Å². The summed E-state index contributed by atoms with van der Waals surface area (Å²) in [6.07, 6.45) is 0. The molecule has 0 bridgehead atoms. The lowest BCUT2D eigenvalue weighted by Crippen LogP contribution is -2.33. The summed E-state index contributed by atoms with van der Waals surface area (Å²) in [5.74, 6) is 0. The molecule has 0 fully saturated rings. The molecule has 0 radical (unpaired) electrons. The molecule has 23 heavy (non-hydrogen) atoms. The first-order valence-corrected chi connectivity index (χ1v) is 8.19. The van der Waals surface area contributed by atoms with Crippen molar-refractivity contribution in [2.45, 2.75) is 5.60 Å². The lowest BCUT2D eigenvalue weighted by atomic mass is 9.80. The van der Waals surface area contributed by atoms with Crippen LogP contribution >= 0.6 is 0 Å². The SMILES string of the molecule is O=S([O-])OC(c1ccccc1)(c1ccccc1)c1ccccc1. The Labute approximate surface area is 138 Å². The second-order valence-corrected chi connectivity index (χ2v) is 5.64. The van der Waals surface area contributed by atoms with E-state index in [4.69, 9.17) is 4.18 Å². The molecule has 4 heteroatoms. The molecule has 0 aliphatic heterocycles. The van der Waals surface area contributed by atoms with Crippen LogP contribution in [0, 0.1) is 0 Å². The molecule has 3 aromatic rings. The summed E-state index contributed by atoms with van der Waals surface area (Å²) in [5, 5.41) is 0. The molecule has 3 aromatic carbocycles. The molecule has 0 N–H and O–H groups in total. The van der Waals surface area contributed by atoms with Gasteiger partial charge >= 0.3 is 0 Å². The Bertz CT molecular complexity index is 677. The molecule has 0 aromatic heterocycles. The van der Waals surface area contributed by atoms with Crippen LogP contribution in [-0.4, -0.2) is 8.76 Å². The Kier molecular flexibility index (Phi) is 4.67. The monoisotopic (exact) mass is 323 g/mol. The van der Waals surface area contributed by atoms with Crippen LogP contribution in [0.25, 0.3) is 0 Å². The lowest BCUT2D eigenvalue weighted by molar-refractivity contribution is 0.157. The van der Waals surface area contributed by atoms with Crippen molar-refractivity contribution in [3.05, 3.63) is 108 Å². The summed E-state index contributed by atoms with van der Waals surface area (Å²) in [5.41, 5.74) is 1.04. The number of hydrogen-bond donors (Lipinski definition) is 0.